The Morgan fingerprint density at radius 3 is 2.80 bits per heavy atom. The minimum absolute atomic E-state index is 0.0387. The predicted octanol–water partition coefficient (Wildman–Crippen LogP) is 3.52. The van der Waals surface area contributed by atoms with E-state index in [0.29, 0.717) is 13.1 Å². The summed E-state index contributed by atoms with van der Waals surface area (Å²) in [6, 6.07) is 12.2. The van der Waals surface area contributed by atoms with Crippen LogP contribution >= 0.6 is 0 Å². The second-order valence-corrected chi connectivity index (χ2v) is 6.46. The third-order valence-electron chi connectivity index (χ3n) is 4.75. The number of hydrogen-bond acceptors (Lipinski definition) is 4. The third-order valence-corrected chi connectivity index (χ3v) is 4.75. The van der Waals surface area contributed by atoms with Gasteiger partial charge in [-0.2, -0.15) is 0 Å². The minimum atomic E-state index is 0.0387. The van der Waals surface area contributed by atoms with Gasteiger partial charge in [0.15, 0.2) is 0 Å². The highest BCUT2D eigenvalue weighted by molar-refractivity contribution is 5.78. The van der Waals surface area contributed by atoms with Crippen molar-refractivity contribution in [3.63, 3.8) is 0 Å². The fourth-order valence-corrected chi connectivity index (χ4v) is 3.40. The van der Waals surface area contributed by atoms with E-state index in [-0.39, 0.29) is 11.9 Å². The maximum absolute atomic E-state index is 12.4. The highest BCUT2D eigenvalue weighted by Gasteiger charge is 2.24. The minimum Gasteiger partial charge on any atom is -0.497 e. The molecule has 1 aromatic heterocycles. The van der Waals surface area contributed by atoms with E-state index in [1.165, 1.54) is 18.4 Å². The monoisotopic (exact) mass is 342 g/mol. The summed E-state index contributed by atoms with van der Waals surface area (Å²) in [5.41, 5.74) is 1.25. The van der Waals surface area contributed by atoms with Gasteiger partial charge >= 0.3 is 0 Å². The number of likely N-dealkylation sites (tertiary alicyclic amines) is 1. The molecule has 0 radical (unpaired) electrons. The van der Waals surface area contributed by atoms with E-state index >= 15 is 0 Å². The van der Waals surface area contributed by atoms with Gasteiger partial charge in [0.05, 0.1) is 26.5 Å². The van der Waals surface area contributed by atoms with Crippen molar-refractivity contribution >= 4 is 5.91 Å². The highest BCUT2D eigenvalue weighted by atomic mass is 16.5. The molecule has 0 spiro atoms. The van der Waals surface area contributed by atoms with Crippen LogP contribution in [0.1, 0.15) is 43.0 Å². The van der Waals surface area contributed by atoms with E-state index in [1.54, 1.807) is 13.4 Å². The number of amides is 1. The molecule has 1 unspecified atom stereocenters. The van der Waals surface area contributed by atoms with Crippen molar-refractivity contribution in [2.45, 2.75) is 38.3 Å². The summed E-state index contributed by atoms with van der Waals surface area (Å²) in [6.45, 7) is 1.80. The standard InChI is InChI=1S/C20H26N2O3/c1-24-17-10-8-16(9-11-17)19-7-3-2-4-12-22(19)15-20(23)21-14-18-6-5-13-25-18/h5-6,8-11,13,19H,2-4,7,12,14-15H2,1H3,(H,21,23). The van der Waals surface area contributed by atoms with E-state index in [4.69, 9.17) is 9.15 Å². The summed E-state index contributed by atoms with van der Waals surface area (Å²) in [5.74, 6) is 1.67. The molecule has 1 amide bonds. The molecule has 0 aliphatic carbocycles. The summed E-state index contributed by atoms with van der Waals surface area (Å²) < 4.78 is 10.5. The number of ether oxygens (including phenoxy) is 1. The first kappa shape index (κ1) is 17.5. The fourth-order valence-electron chi connectivity index (χ4n) is 3.40. The number of nitrogens with zero attached hydrogens (tertiary/aromatic N) is 1. The molecule has 2 aromatic rings. The van der Waals surface area contributed by atoms with Crippen molar-refractivity contribution in [3.05, 3.63) is 54.0 Å². The average molecular weight is 342 g/mol. The van der Waals surface area contributed by atoms with Gasteiger partial charge < -0.3 is 14.5 Å². The van der Waals surface area contributed by atoms with Crippen molar-refractivity contribution in [1.82, 2.24) is 10.2 Å². The molecule has 0 saturated carbocycles. The lowest BCUT2D eigenvalue weighted by atomic mass is 10.0. The molecule has 5 nitrogen and oxygen atoms in total. The zero-order valence-electron chi connectivity index (χ0n) is 14.7. The number of carbonyl (C=O) groups excluding carboxylic acids is 1. The maximum Gasteiger partial charge on any atom is 0.234 e. The van der Waals surface area contributed by atoms with E-state index in [2.05, 4.69) is 22.3 Å². The lowest BCUT2D eigenvalue weighted by molar-refractivity contribution is -0.123. The molecule has 1 saturated heterocycles. The predicted molar refractivity (Wildman–Crippen MR) is 96.3 cm³/mol. The van der Waals surface area contributed by atoms with Gasteiger partial charge in [0.2, 0.25) is 5.91 Å². The van der Waals surface area contributed by atoms with Crippen LogP contribution in [-0.4, -0.2) is 31.0 Å². The molecular weight excluding hydrogens is 316 g/mol. The van der Waals surface area contributed by atoms with Crippen molar-refractivity contribution in [2.24, 2.45) is 0 Å². The molecule has 5 heteroatoms. The van der Waals surface area contributed by atoms with Crippen LogP contribution in [0.4, 0.5) is 0 Å². The Kier molecular flexibility index (Phi) is 6.12. The van der Waals surface area contributed by atoms with Gasteiger partial charge in [0.25, 0.3) is 0 Å². The van der Waals surface area contributed by atoms with Gasteiger partial charge in [-0.05, 0) is 49.2 Å². The molecular formula is C20H26N2O3. The molecule has 2 heterocycles. The number of rotatable bonds is 6. The zero-order chi connectivity index (χ0) is 17.5. The van der Waals surface area contributed by atoms with Crippen LogP contribution in [0.5, 0.6) is 5.75 Å². The second-order valence-electron chi connectivity index (χ2n) is 6.46. The second kappa shape index (κ2) is 8.72. The molecule has 1 aliphatic rings. The van der Waals surface area contributed by atoms with E-state index in [9.17, 15) is 4.79 Å². The molecule has 1 aromatic carbocycles. The maximum atomic E-state index is 12.4. The van der Waals surface area contributed by atoms with Crippen LogP contribution in [0, 0.1) is 0 Å². The molecule has 1 atom stereocenters. The number of hydrogen-bond donors (Lipinski definition) is 1. The van der Waals surface area contributed by atoms with Crippen molar-refractivity contribution < 1.29 is 13.9 Å². The van der Waals surface area contributed by atoms with Gasteiger partial charge in [0, 0.05) is 6.04 Å². The van der Waals surface area contributed by atoms with Crippen molar-refractivity contribution in [3.8, 4) is 5.75 Å². The SMILES string of the molecule is COc1ccc(C2CCCCCN2CC(=O)NCc2ccco2)cc1. The Bertz CT molecular complexity index is 652. The summed E-state index contributed by atoms with van der Waals surface area (Å²) in [6.07, 6.45) is 6.25. The Hall–Kier alpha value is -2.27. The zero-order valence-corrected chi connectivity index (χ0v) is 14.7. The topological polar surface area (TPSA) is 54.7 Å². The third kappa shape index (κ3) is 4.86. The first-order chi connectivity index (χ1) is 12.3. The van der Waals surface area contributed by atoms with Crippen LogP contribution < -0.4 is 10.1 Å². The number of benzene rings is 1. The first-order valence-corrected chi connectivity index (χ1v) is 8.93. The smallest absolute Gasteiger partial charge is 0.234 e. The van der Waals surface area contributed by atoms with E-state index in [1.807, 2.05) is 24.3 Å². The molecule has 25 heavy (non-hydrogen) atoms. The summed E-state index contributed by atoms with van der Waals surface area (Å²) in [4.78, 5) is 14.7. The molecule has 1 fully saturated rings. The molecule has 134 valence electrons. The Balaban J connectivity index is 1.63. The fraction of sp³-hybridized carbons (Fsp3) is 0.450. The average Bonchev–Trinajstić information content (AvgIpc) is 3.06. The van der Waals surface area contributed by atoms with Crippen molar-refractivity contribution in [1.29, 1.82) is 0 Å². The van der Waals surface area contributed by atoms with Gasteiger partial charge in [-0.3, -0.25) is 9.69 Å². The van der Waals surface area contributed by atoms with E-state index in [0.717, 1.165) is 30.9 Å². The van der Waals surface area contributed by atoms with Gasteiger partial charge in [-0.25, -0.2) is 0 Å². The molecule has 1 aliphatic heterocycles. The molecule has 3 rings (SSSR count). The lowest BCUT2D eigenvalue weighted by Gasteiger charge is -2.29. The Morgan fingerprint density at radius 2 is 2.08 bits per heavy atom. The Labute approximate surface area is 149 Å². The number of methoxy groups -OCH3 is 1. The highest BCUT2D eigenvalue weighted by Crippen LogP contribution is 2.30. The van der Waals surface area contributed by atoms with Crippen LogP contribution in [0.25, 0.3) is 0 Å². The normalized spacial score (nSPS) is 18.5. The molecule has 0 bridgehead atoms. The largest absolute Gasteiger partial charge is 0.497 e. The Morgan fingerprint density at radius 1 is 1.24 bits per heavy atom. The summed E-state index contributed by atoms with van der Waals surface area (Å²) in [7, 11) is 1.68. The number of nitrogens with one attached hydrogen (secondary N) is 1. The van der Waals surface area contributed by atoms with Crippen molar-refractivity contribution in [2.75, 3.05) is 20.2 Å². The summed E-state index contributed by atoms with van der Waals surface area (Å²) >= 11 is 0. The summed E-state index contributed by atoms with van der Waals surface area (Å²) in [5, 5.41) is 2.95. The van der Waals surface area contributed by atoms with Gasteiger partial charge in [-0.15, -0.1) is 0 Å². The van der Waals surface area contributed by atoms with Crippen LogP contribution in [0.2, 0.25) is 0 Å². The van der Waals surface area contributed by atoms with Crippen LogP contribution in [0.15, 0.2) is 47.1 Å². The lowest BCUT2D eigenvalue weighted by Crippen LogP contribution is -2.39. The van der Waals surface area contributed by atoms with Gasteiger partial charge in [0.1, 0.15) is 11.5 Å². The van der Waals surface area contributed by atoms with Crippen LogP contribution in [0.3, 0.4) is 0 Å². The van der Waals surface area contributed by atoms with Crippen LogP contribution in [-0.2, 0) is 11.3 Å². The molecule has 1 N–H and O–H groups in total. The van der Waals surface area contributed by atoms with Gasteiger partial charge in [-0.1, -0.05) is 25.0 Å². The first-order valence-electron chi connectivity index (χ1n) is 8.93. The number of furan rings is 1. The number of carbonyl (C=O) groups is 1. The quantitative estimate of drug-likeness (QED) is 0.873. The van der Waals surface area contributed by atoms with E-state index < -0.39 is 0 Å².